The standard InChI is InChI=1S/C26H33N3O4/c1-7-20(26(6,24(30)31)25(32)33-9-3)19-12-10-18(11-13-19)15-29-21(8-2)28-22-16(4)14-17(5)27-23(22)29/h10-14,20H,7-9,15H2,1-6H3,(H,30,31). The van der Waals surface area contributed by atoms with Gasteiger partial charge in [0.05, 0.1) is 13.2 Å². The first-order valence-corrected chi connectivity index (χ1v) is 11.5. The summed E-state index contributed by atoms with van der Waals surface area (Å²) in [5.41, 5.74) is 4.07. The molecule has 0 aliphatic rings. The van der Waals surface area contributed by atoms with E-state index in [1.54, 1.807) is 6.92 Å². The van der Waals surface area contributed by atoms with E-state index in [0.29, 0.717) is 13.0 Å². The van der Waals surface area contributed by atoms with Gasteiger partial charge in [0.15, 0.2) is 11.1 Å². The first-order valence-electron chi connectivity index (χ1n) is 11.5. The Kier molecular flexibility index (Phi) is 7.20. The van der Waals surface area contributed by atoms with Crippen molar-refractivity contribution >= 4 is 23.1 Å². The number of esters is 1. The number of fused-ring (bicyclic) bond motifs is 1. The van der Waals surface area contributed by atoms with E-state index in [0.717, 1.165) is 45.8 Å². The van der Waals surface area contributed by atoms with Crippen LogP contribution in [0.25, 0.3) is 11.2 Å². The average molecular weight is 452 g/mol. The number of imidazole rings is 1. The molecule has 33 heavy (non-hydrogen) atoms. The van der Waals surface area contributed by atoms with E-state index in [-0.39, 0.29) is 6.61 Å². The Balaban J connectivity index is 1.96. The lowest BCUT2D eigenvalue weighted by Crippen LogP contribution is -2.43. The molecule has 2 atom stereocenters. The molecule has 0 radical (unpaired) electrons. The summed E-state index contributed by atoms with van der Waals surface area (Å²) in [5.74, 6) is -1.41. The summed E-state index contributed by atoms with van der Waals surface area (Å²) in [6.45, 7) is 11.9. The van der Waals surface area contributed by atoms with Crippen LogP contribution < -0.4 is 0 Å². The molecule has 2 heterocycles. The number of hydrogen-bond acceptors (Lipinski definition) is 5. The number of benzene rings is 1. The van der Waals surface area contributed by atoms with E-state index in [2.05, 4.69) is 18.4 Å². The second-order valence-corrected chi connectivity index (χ2v) is 8.65. The van der Waals surface area contributed by atoms with Crippen molar-refractivity contribution in [3.63, 3.8) is 0 Å². The third-order valence-corrected chi connectivity index (χ3v) is 6.39. The minimum atomic E-state index is -1.65. The van der Waals surface area contributed by atoms with E-state index in [9.17, 15) is 14.7 Å². The molecule has 0 aliphatic carbocycles. The molecule has 3 rings (SSSR count). The minimum Gasteiger partial charge on any atom is -0.480 e. The number of aryl methyl sites for hydroxylation is 3. The fourth-order valence-corrected chi connectivity index (χ4v) is 4.56. The van der Waals surface area contributed by atoms with E-state index in [1.807, 2.05) is 44.2 Å². The first-order chi connectivity index (χ1) is 15.7. The summed E-state index contributed by atoms with van der Waals surface area (Å²) in [6.07, 6.45) is 1.29. The molecular formula is C26H33N3O4. The van der Waals surface area contributed by atoms with Gasteiger partial charge in [0.2, 0.25) is 0 Å². The van der Waals surface area contributed by atoms with Crippen molar-refractivity contribution in [3.8, 4) is 0 Å². The van der Waals surface area contributed by atoms with Crippen molar-refractivity contribution in [1.29, 1.82) is 0 Å². The SMILES string of the molecule is CCOC(=O)C(C)(C(=O)O)C(CC)c1ccc(Cn2c(CC)nc3c(C)cc(C)nc32)cc1. The molecule has 2 aromatic heterocycles. The van der Waals surface area contributed by atoms with Gasteiger partial charge in [-0.2, -0.15) is 0 Å². The van der Waals surface area contributed by atoms with Crippen molar-refractivity contribution in [2.75, 3.05) is 6.61 Å². The molecule has 0 saturated heterocycles. The zero-order chi connectivity index (χ0) is 24.3. The molecule has 0 spiro atoms. The summed E-state index contributed by atoms with van der Waals surface area (Å²) in [7, 11) is 0. The van der Waals surface area contributed by atoms with E-state index in [1.165, 1.54) is 6.92 Å². The highest BCUT2D eigenvalue weighted by Crippen LogP contribution is 2.40. The number of ether oxygens (including phenoxy) is 1. The van der Waals surface area contributed by atoms with Crippen LogP contribution in [0, 0.1) is 19.3 Å². The predicted molar refractivity (Wildman–Crippen MR) is 127 cm³/mol. The van der Waals surface area contributed by atoms with Gasteiger partial charge in [0.1, 0.15) is 11.3 Å². The Morgan fingerprint density at radius 2 is 1.79 bits per heavy atom. The normalized spacial score (nSPS) is 14.1. The third-order valence-electron chi connectivity index (χ3n) is 6.39. The lowest BCUT2D eigenvalue weighted by Gasteiger charge is -2.31. The number of carbonyl (C=O) groups excluding carboxylic acids is 1. The number of aromatic nitrogens is 3. The molecular weight excluding hydrogens is 418 g/mol. The fraction of sp³-hybridized carbons (Fsp3) is 0.462. The van der Waals surface area contributed by atoms with Crippen LogP contribution in [-0.4, -0.2) is 38.2 Å². The second-order valence-electron chi connectivity index (χ2n) is 8.65. The fourth-order valence-electron chi connectivity index (χ4n) is 4.56. The molecule has 0 amide bonds. The average Bonchev–Trinajstić information content (AvgIpc) is 3.12. The zero-order valence-corrected chi connectivity index (χ0v) is 20.3. The highest BCUT2D eigenvalue weighted by molar-refractivity contribution is 6.00. The van der Waals surface area contributed by atoms with Gasteiger partial charge in [-0.3, -0.25) is 9.59 Å². The molecule has 1 aromatic carbocycles. The summed E-state index contributed by atoms with van der Waals surface area (Å²) >= 11 is 0. The molecule has 0 fully saturated rings. The predicted octanol–water partition coefficient (Wildman–Crippen LogP) is 4.81. The Hall–Kier alpha value is -3.22. The molecule has 7 nitrogen and oxygen atoms in total. The minimum absolute atomic E-state index is 0.142. The highest BCUT2D eigenvalue weighted by Gasteiger charge is 2.49. The molecule has 0 saturated carbocycles. The molecule has 0 bridgehead atoms. The Morgan fingerprint density at radius 1 is 1.12 bits per heavy atom. The molecule has 1 N–H and O–H groups in total. The molecule has 3 aromatic rings. The zero-order valence-electron chi connectivity index (χ0n) is 20.3. The summed E-state index contributed by atoms with van der Waals surface area (Å²) < 4.78 is 7.26. The van der Waals surface area contributed by atoms with Crippen LogP contribution in [0.5, 0.6) is 0 Å². The smallest absolute Gasteiger partial charge is 0.323 e. The Labute approximate surface area is 194 Å². The van der Waals surface area contributed by atoms with Gasteiger partial charge in [0.25, 0.3) is 0 Å². The van der Waals surface area contributed by atoms with Gasteiger partial charge in [-0.05, 0) is 56.9 Å². The van der Waals surface area contributed by atoms with Crippen LogP contribution in [0.15, 0.2) is 30.3 Å². The van der Waals surface area contributed by atoms with E-state index in [4.69, 9.17) is 14.7 Å². The van der Waals surface area contributed by atoms with Gasteiger partial charge in [-0.25, -0.2) is 9.97 Å². The largest absolute Gasteiger partial charge is 0.480 e. The molecule has 2 unspecified atom stereocenters. The Morgan fingerprint density at radius 3 is 2.33 bits per heavy atom. The maximum atomic E-state index is 12.6. The van der Waals surface area contributed by atoms with Gasteiger partial charge >= 0.3 is 11.9 Å². The van der Waals surface area contributed by atoms with Crippen LogP contribution in [0.2, 0.25) is 0 Å². The van der Waals surface area contributed by atoms with Crippen LogP contribution in [0.4, 0.5) is 0 Å². The van der Waals surface area contributed by atoms with Crippen molar-refractivity contribution in [2.24, 2.45) is 5.41 Å². The second kappa shape index (κ2) is 9.73. The highest BCUT2D eigenvalue weighted by atomic mass is 16.5. The topological polar surface area (TPSA) is 94.3 Å². The molecule has 176 valence electrons. The van der Waals surface area contributed by atoms with Crippen molar-refractivity contribution in [2.45, 2.75) is 66.8 Å². The number of nitrogens with zero attached hydrogens (tertiary/aromatic N) is 3. The van der Waals surface area contributed by atoms with Crippen LogP contribution in [0.1, 0.15) is 68.2 Å². The number of rotatable bonds is 9. The van der Waals surface area contributed by atoms with Crippen molar-refractivity contribution in [3.05, 3.63) is 58.5 Å². The monoisotopic (exact) mass is 451 g/mol. The van der Waals surface area contributed by atoms with E-state index >= 15 is 0 Å². The van der Waals surface area contributed by atoms with Gasteiger partial charge in [-0.15, -0.1) is 0 Å². The number of aliphatic carboxylic acids is 1. The maximum Gasteiger partial charge on any atom is 0.323 e. The first kappa shape index (κ1) is 24.4. The quantitative estimate of drug-likeness (QED) is 0.371. The Bertz CT molecular complexity index is 1170. The molecule has 0 aliphatic heterocycles. The molecule has 7 heteroatoms. The van der Waals surface area contributed by atoms with Crippen LogP contribution >= 0.6 is 0 Å². The van der Waals surface area contributed by atoms with Crippen LogP contribution in [0.3, 0.4) is 0 Å². The summed E-state index contributed by atoms with van der Waals surface area (Å²) in [6, 6.07) is 9.84. The van der Waals surface area contributed by atoms with Gasteiger partial charge in [0, 0.05) is 18.0 Å². The summed E-state index contributed by atoms with van der Waals surface area (Å²) in [4.78, 5) is 34.2. The summed E-state index contributed by atoms with van der Waals surface area (Å²) in [5, 5.41) is 9.90. The number of pyridine rings is 1. The van der Waals surface area contributed by atoms with E-state index < -0.39 is 23.3 Å². The van der Waals surface area contributed by atoms with Crippen LogP contribution in [-0.2, 0) is 27.3 Å². The van der Waals surface area contributed by atoms with Crippen molar-refractivity contribution < 1.29 is 19.4 Å². The lowest BCUT2D eigenvalue weighted by atomic mass is 9.72. The third kappa shape index (κ3) is 4.49. The van der Waals surface area contributed by atoms with Crippen molar-refractivity contribution in [1.82, 2.24) is 14.5 Å². The number of carbonyl (C=O) groups is 2. The lowest BCUT2D eigenvalue weighted by molar-refractivity contribution is -0.169. The van der Waals surface area contributed by atoms with Gasteiger partial charge < -0.3 is 14.4 Å². The van der Waals surface area contributed by atoms with Gasteiger partial charge in [-0.1, -0.05) is 38.1 Å². The number of carboxylic acids is 1. The maximum absolute atomic E-state index is 12.6. The number of hydrogen-bond donors (Lipinski definition) is 1. The number of carboxylic acid groups (broad SMARTS) is 1.